The number of hydrogen-bond donors (Lipinski definition) is 3. The Morgan fingerprint density at radius 2 is 2.03 bits per heavy atom. The average molecular weight is 423 g/mol. The number of nitrogens with zero attached hydrogens (tertiary/aromatic N) is 1. The van der Waals surface area contributed by atoms with E-state index < -0.39 is 11.6 Å². The van der Waals surface area contributed by atoms with E-state index in [1.54, 1.807) is 4.90 Å². The van der Waals surface area contributed by atoms with Crippen LogP contribution in [0.15, 0.2) is 18.2 Å². The van der Waals surface area contributed by atoms with Gasteiger partial charge in [-0.2, -0.15) is 0 Å². The molecule has 1 aromatic carbocycles. The van der Waals surface area contributed by atoms with Gasteiger partial charge in [-0.05, 0) is 37.0 Å². The number of benzene rings is 1. The van der Waals surface area contributed by atoms with Crippen LogP contribution in [0.2, 0.25) is 0 Å². The van der Waals surface area contributed by atoms with Crippen LogP contribution in [0.1, 0.15) is 38.2 Å². The highest BCUT2D eigenvalue weighted by atomic mass is 19.1. The Kier molecular flexibility index (Phi) is 8.16. The fourth-order valence-electron chi connectivity index (χ4n) is 4.26. The molecule has 0 aromatic heterocycles. The topological polar surface area (TPSA) is 73.5 Å². The van der Waals surface area contributed by atoms with Crippen LogP contribution >= 0.6 is 0 Å². The first-order valence-corrected chi connectivity index (χ1v) is 10.9. The van der Waals surface area contributed by atoms with Gasteiger partial charge in [0.15, 0.2) is 0 Å². The summed E-state index contributed by atoms with van der Waals surface area (Å²) < 4.78 is 27.3. The van der Waals surface area contributed by atoms with E-state index in [2.05, 4.69) is 22.9 Å². The van der Waals surface area contributed by atoms with Crippen LogP contribution in [0.3, 0.4) is 0 Å². The van der Waals surface area contributed by atoms with Crippen molar-refractivity contribution in [3.05, 3.63) is 35.4 Å². The summed E-state index contributed by atoms with van der Waals surface area (Å²) in [5, 5.41) is 9.79. The van der Waals surface area contributed by atoms with Crippen molar-refractivity contribution in [2.24, 2.45) is 5.92 Å². The van der Waals surface area contributed by atoms with Crippen molar-refractivity contribution in [1.29, 1.82) is 0 Å². The Morgan fingerprint density at radius 1 is 1.27 bits per heavy atom. The van der Waals surface area contributed by atoms with E-state index in [0.717, 1.165) is 38.5 Å². The molecule has 0 bridgehead atoms. The molecule has 0 saturated carbocycles. The van der Waals surface area contributed by atoms with Gasteiger partial charge < -0.3 is 20.9 Å². The first-order chi connectivity index (χ1) is 14.4. The molecule has 3 rings (SSSR count). The molecule has 3 N–H and O–H groups in total. The van der Waals surface area contributed by atoms with Crippen molar-refractivity contribution in [2.45, 2.75) is 51.1 Å². The highest BCUT2D eigenvalue weighted by Crippen LogP contribution is 2.20. The molecule has 1 aromatic rings. The van der Waals surface area contributed by atoms with Crippen molar-refractivity contribution in [2.75, 3.05) is 32.7 Å². The molecule has 2 aliphatic heterocycles. The van der Waals surface area contributed by atoms with Crippen LogP contribution in [-0.4, -0.2) is 61.5 Å². The van der Waals surface area contributed by atoms with Crippen molar-refractivity contribution >= 4 is 11.8 Å². The Hall–Kier alpha value is -2.06. The minimum atomic E-state index is -0.625. The van der Waals surface area contributed by atoms with E-state index in [9.17, 15) is 18.4 Å². The monoisotopic (exact) mass is 422 g/mol. The summed E-state index contributed by atoms with van der Waals surface area (Å²) in [4.78, 5) is 26.9. The van der Waals surface area contributed by atoms with Crippen LogP contribution < -0.4 is 16.0 Å². The molecule has 0 radical (unpaired) electrons. The fourth-order valence-corrected chi connectivity index (χ4v) is 4.26. The summed E-state index contributed by atoms with van der Waals surface area (Å²) in [6.07, 6.45) is 3.11. The normalized spacial score (nSPS) is 22.9. The molecule has 2 unspecified atom stereocenters. The van der Waals surface area contributed by atoms with E-state index in [4.69, 9.17) is 0 Å². The number of amides is 2. The number of piperazine rings is 1. The predicted octanol–water partition coefficient (Wildman–Crippen LogP) is 1.59. The minimum Gasteiger partial charge on any atom is -0.353 e. The fraction of sp³-hybridized carbons (Fsp3) is 0.636. The minimum absolute atomic E-state index is 0.0190. The first kappa shape index (κ1) is 22.6. The lowest BCUT2D eigenvalue weighted by molar-refractivity contribution is -0.129. The number of hydrogen-bond acceptors (Lipinski definition) is 4. The molecule has 2 fully saturated rings. The largest absolute Gasteiger partial charge is 0.353 e. The molecule has 2 saturated heterocycles. The predicted molar refractivity (Wildman–Crippen MR) is 111 cm³/mol. The van der Waals surface area contributed by atoms with Crippen molar-refractivity contribution in [1.82, 2.24) is 20.9 Å². The molecule has 30 heavy (non-hydrogen) atoms. The molecular weight excluding hydrogens is 390 g/mol. The standard InChI is InChI=1S/C22H32F2N4O2/c1-2-3-6-28-14-16(10-21(28)29)22(30)27-19(12-20-13-25-4-5-26-20)9-15-7-17(23)11-18(24)8-15/h7-8,11,16,19-20,25-26H,2-6,9-10,12-14H2,1H3,(H,27,30)/t16?,19?,20-/m0/s1. The third-order valence-electron chi connectivity index (χ3n) is 5.81. The van der Waals surface area contributed by atoms with Crippen LogP contribution in [0.4, 0.5) is 8.78 Å². The summed E-state index contributed by atoms with van der Waals surface area (Å²) in [5.41, 5.74) is 0.508. The molecule has 2 heterocycles. The Bertz CT molecular complexity index is 720. The summed E-state index contributed by atoms with van der Waals surface area (Å²) in [6, 6.07) is 3.34. The highest BCUT2D eigenvalue weighted by molar-refractivity contribution is 5.89. The zero-order chi connectivity index (χ0) is 21.5. The first-order valence-electron chi connectivity index (χ1n) is 10.9. The van der Waals surface area contributed by atoms with Gasteiger partial charge in [0.2, 0.25) is 11.8 Å². The van der Waals surface area contributed by atoms with Crippen LogP contribution in [0.25, 0.3) is 0 Å². The zero-order valence-corrected chi connectivity index (χ0v) is 17.6. The molecule has 166 valence electrons. The van der Waals surface area contributed by atoms with Gasteiger partial charge in [-0.15, -0.1) is 0 Å². The second kappa shape index (κ2) is 10.8. The summed E-state index contributed by atoms with van der Waals surface area (Å²) in [6.45, 7) is 5.69. The summed E-state index contributed by atoms with van der Waals surface area (Å²) in [5.74, 6) is -1.77. The highest BCUT2D eigenvalue weighted by Gasteiger charge is 2.35. The van der Waals surface area contributed by atoms with Crippen LogP contribution in [0.5, 0.6) is 0 Å². The molecule has 2 aliphatic rings. The summed E-state index contributed by atoms with van der Waals surface area (Å²) in [7, 11) is 0. The van der Waals surface area contributed by atoms with E-state index in [0.29, 0.717) is 31.5 Å². The van der Waals surface area contributed by atoms with Gasteiger partial charge in [0, 0.05) is 57.3 Å². The molecule has 2 amide bonds. The lowest BCUT2D eigenvalue weighted by atomic mass is 9.97. The molecule has 0 aliphatic carbocycles. The molecule has 6 nitrogen and oxygen atoms in total. The number of unbranched alkanes of at least 4 members (excludes halogenated alkanes) is 1. The molecular formula is C22H32F2N4O2. The molecule has 3 atom stereocenters. The van der Waals surface area contributed by atoms with Gasteiger partial charge in [0.05, 0.1) is 5.92 Å². The van der Waals surface area contributed by atoms with Crippen LogP contribution in [-0.2, 0) is 16.0 Å². The maximum Gasteiger partial charge on any atom is 0.225 e. The average Bonchev–Trinajstić information content (AvgIpc) is 3.07. The number of halogens is 2. The van der Waals surface area contributed by atoms with Gasteiger partial charge in [-0.1, -0.05) is 13.3 Å². The zero-order valence-electron chi connectivity index (χ0n) is 17.6. The van der Waals surface area contributed by atoms with Gasteiger partial charge in [0.25, 0.3) is 0 Å². The Morgan fingerprint density at radius 3 is 2.70 bits per heavy atom. The lowest BCUT2D eigenvalue weighted by Gasteiger charge is -2.29. The number of nitrogens with one attached hydrogen (secondary N) is 3. The van der Waals surface area contributed by atoms with Gasteiger partial charge in [0.1, 0.15) is 11.6 Å². The number of rotatable bonds is 9. The van der Waals surface area contributed by atoms with Crippen molar-refractivity contribution in [3.63, 3.8) is 0 Å². The van der Waals surface area contributed by atoms with E-state index >= 15 is 0 Å². The third kappa shape index (κ3) is 6.47. The second-order valence-corrected chi connectivity index (χ2v) is 8.37. The molecule has 8 heteroatoms. The molecule has 0 spiro atoms. The van der Waals surface area contributed by atoms with Gasteiger partial charge >= 0.3 is 0 Å². The summed E-state index contributed by atoms with van der Waals surface area (Å²) >= 11 is 0. The van der Waals surface area contributed by atoms with E-state index in [1.807, 2.05) is 0 Å². The van der Waals surface area contributed by atoms with E-state index in [1.165, 1.54) is 12.1 Å². The second-order valence-electron chi connectivity index (χ2n) is 8.37. The van der Waals surface area contributed by atoms with Crippen LogP contribution in [0, 0.1) is 17.6 Å². The third-order valence-corrected chi connectivity index (χ3v) is 5.81. The van der Waals surface area contributed by atoms with Crippen molar-refractivity contribution < 1.29 is 18.4 Å². The quantitative estimate of drug-likeness (QED) is 0.565. The Labute approximate surface area is 176 Å². The smallest absolute Gasteiger partial charge is 0.225 e. The van der Waals surface area contributed by atoms with Gasteiger partial charge in [-0.3, -0.25) is 9.59 Å². The lowest BCUT2D eigenvalue weighted by Crippen LogP contribution is -2.52. The SMILES string of the molecule is CCCCN1CC(C(=O)NC(Cc2cc(F)cc(F)c2)C[C@H]2CNCCN2)CC1=O. The van der Waals surface area contributed by atoms with E-state index in [-0.39, 0.29) is 36.2 Å². The number of carbonyl (C=O) groups excluding carboxylic acids is 2. The maximum absolute atomic E-state index is 13.6. The number of likely N-dealkylation sites (tertiary alicyclic amines) is 1. The number of carbonyl (C=O) groups is 2. The maximum atomic E-state index is 13.6. The van der Waals surface area contributed by atoms with Crippen molar-refractivity contribution in [3.8, 4) is 0 Å². The Balaban J connectivity index is 1.65. The van der Waals surface area contributed by atoms with Gasteiger partial charge in [-0.25, -0.2) is 8.78 Å².